The Morgan fingerprint density at radius 3 is 2.89 bits per heavy atom. The van der Waals surface area contributed by atoms with Crippen LogP contribution in [-0.2, 0) is 6.54 Å². The maximum atomic E-state index is 10.6. The van der Waals surface area contributed by atoms with Crippen molar-refractivity contribution < 1.29 is 4.92 Å². The predicted octanol–water partition coefficient (Wildman–Crippen LogP) is 2.41. The number of nitrogens with one attached hydrogen (secondary N) is 1. The zero-order chi connectivity index (χ0) is 13.7. The molecule has 96 valence electrons. The fourth-order valence-electron chi connectivity index (χ4n) is 1.51. The third-order valence-corrected chi connectivity index (χ3v) is 3.52. The van der Waals surface area contributed by atoms with Crippen LogP contribution in [0.25, 0.3) is 0 Å². The maximum Gasteiger partial charge on any atom is 0.324 e. The van der Waals surface area contributed by atoms with E-state index in [0.29, 0.717) is 11.4 Å². The number of thiophene rings is 1. The zero-order valence-electron chi connectivity index (χ0n) is 9.81. The van der Waals surface area contributed by atoms with Gasteiger partial charge in [-0.2, -0.15) is 5.26 Å². The summed E-state index contributed by atoms with van der Waals surface area (Å²) in [5.74, 6) is 0. The number of hydrogen-bond donors (Lipinski definition) is 1. The third kappa shape index (κ3) is 3.34. The van der Waals surface area contributed by atoms with Gasteiger partial charge in [0.1, 0.15) is 6.04 Å². The van der Waals surface area contributed by atoms with Gasteiger partial charge in [-0.1, -0.05) is 17.4 Å². The molecule has 1 unspecified atom stereocenters. The fourth-order valence-corrected chi connectivity index (χ4v) is 2.36. The Kier molecular flexibility index (Phi) is 4.18. The van der Waals surface area contributed by atoms with Crippen LogP contribution in [0.4, 0.5) is 5.00 Å². The number of rotatable bonds is 5. The molecule has 2 heterocycles. The highest BCUT2D eigenvalue weighted by atomic mass is 32.1. The molecule has 7 heteroatoms. The van der Waals surface area contributed by atoms with E-state index in [1.54, 1.807) is 12.3 Å². The van der Waals surface area contributed by atoms with Gasteiger partial charge in [0, 0.05) is 23.7 Å². The summed E-state index contributed by atoms with van der Waals surface area (Å²) in [5.41, 5.74) is 0.814. The van der Waals surface area contributed by atoms with Crippen LogP contribution in [0.15, 0.2) is 36.5 Å². The standard InChI is InChI=1S/C12H10N4O2S/c13-7-10(11-4-5-12(19-11)16(17)18)15-8-9-3-1-2-6-14-9/h1-6,10,15H,8H2. The van der Waals surface area contributed by atoms with Crippen LogP contribution in [-0.4, -0.2) is 9.91 Å². The molecule has 0 saturated carbocycles. The second kappa shape index (κ2) is 6.04. The molecule has 0 amide bonds. The molecule has 0 saturated heterocycles. The Morgan fingerprint density at radius 1 is 1.47 bits per heavy atom. The number of nitrogens with zero attached hydrogens (tertiary/aromatic N) is 3. The van der Waals surface area contributed by atoms with E-state index in [4.69, 9.17) is 5.26 Å². The van der Waals surface area contributed by atoms with Gasteiger partial charge in [-0.15, -0.1) is 0 Å². The van der Waals surface area contributed by atoms with Crippen LogP contribution in [0.2, 0.25) is 0 Å². The number of pyridine rings is 1. The minimum Gasteiger partial charge on any atom is -0.292 e. The Bertz CT molecular complexity index is 606. The molecule has 19 heavy (non-hydrogen) atoms. The largest absolute Gasteiger partial charge is 0.324 e. The van der Waals surface area contributed by atoms with Crippen molar-refractivity contribution in [2.24, 2.45) is 0 Å². The molecule has 0 bridgehead atoms. The van der Waals surface area contributed by atoms with Crippen LogP contribution >= 0.6 is 11.3 Å². The average Bonchev–Trinajstić information content (AvgIpc) is 2.90. The number of nitro groups is 1. The van der Waals surface area contributed by atoms with Gasteiger partial charge in [-0.05, 0) is 18.2 Å². The first-order chi connectivity index (χ1) is 9.20. The summed E-state index contributed by atoms with van der Waals surface area (Å²) in [6.45, 7) is 0.435. The van der Waals surface area contributed by atoms with Gasteiger partial charge in [0.2, 0.25) is 0 Å². The SMILES string of the molecule is N#CC(NCc1ccccn1)c1ccc([N+](=O)[O-])s1. The Balaban J connectivity index is 2.04. The molecular formula is C12H10N4O2S. The monoisotopic (exact) mass is 274 g/mol. The van der Waals surface area contributed by atoms with Crippen molar-refractivity contribution in [1.82, 2.24) is 10.3 Å². The smallest absolute Gasteiger partial charge is 0.292 e. The van der Waals surface area contributed by atoms with E-state index in [9.17, 15) is 10.1 Å². The molecule has 0 aliphatic rings. The molecule has 0 radical (unpaired) electrons. The van der Waals surface area contributed by atoms with E-state index in [2.05, 4.69) is 16.4 Å². The second-order valence-corrected chi connectivity index (χ2v) is 4.79. The molecule has 0 aliphatic carbocycles. The van der Waals surface area contributed by atoms with E-state index >= 15 is 0 Å². The van der Waals surface area contributed by atoms with Gasteiger partial charge in [0.25, 0.3) is 0 Å². The highest BCUT2D eigenvalue weighted by Crippen LogP contribution is 2.28. The van der Waals surface area contributed by atoms with Crippen molar-refractivity contribution in [2.75, 3.05) is 0 Å². The molecule has 2 aromatic heterocycles. The van der Waals surface area contributed by atoms with Crippen LogP contribution in [0.1, 0.15) is 16.6 Å². The van der Waals surface area contributed by atoms with Crippen molar-refractivity contribution in [3.8, 4) is 6.07 Å². The van der Waals surface area contributed by atoms with Crippen molar-refractivity contribution in [1.29, 1.82) is 5.26 Å². The number of aromatic nitrogens is 1. The topological polar surface area (TPSA) is 91.8 Å². The first-order valence-corrected chi connectivity index (χ1v) is 6.29. The lowest BCUT2D eigenvalue weighted by molar-refractivity contribution is -0.380. The van der Waals surface area contributed by atoms with E-state index in [1.165, 1.54) is 6.07 Å². The number of nitriles is 1. The summed E-state index contributed by atoms with van der Waals surface area (Å²) in [7, 11) is 0. The zero-order valence-corrected chi connectivity index (χ0v) is 10.6. The molecule has 2 aromatic rings. The van der Waals surface area contributed by atoms with Crippen LogP contribution in [0.5, 0.6) is 0 Å². The van der Waals surface area contributed by atoms with Crippen LogP contribution in [0, 0.1) is 21.4 Å². The van der Waals surface area contributed by atoms with Crippen LogP contribution < -0.4 is 5.32 Å². The van der Waals surface area contributed by atoms with E-state index in [-0.39, 0.29) is 5.00 Å². The van der Waals surface area contributed by atoms with E-state index in [0.717, 1.165) is 17.0 Å². The van der Waals surface area contributed by atoms with Crippen molar-refractivity contribution >= 4 is 16.3 Å². The summed E-state index contributed by atoms with van der Waals surface area (Å²) >= 11 is 1.00. The number of hydrogen-bond acceptors (Lipinski definition) is 6. The normalized spacial score (nSPS) is 11.7. The summed E-state index contributed by atoms with van der Waals surface area (Å²) < 4.78 is 0. The van der Waals surface area contributed by atoms with Gasteiger partial charge < -0.3 is 0 Å². The van der Waals surface area contributed by atoms with Crippen LogP contribution in [0.3, 0.4) is 0 Å². The molecule has 1 N–H and O–H groups in total. The summed E-state index contributed by atoms with van der Waals surface area (Å²) in [6, 6.07) is 10.1. The minimum atomic E-state index is -0.569. The first-order valence-electron chi connectivity index (χ1n) is 5.47. The quantitative estimate of drug-likeness (QED) is 0.667. The van der Waals surface area contributed by atoms with Crippen molar-refractivity contribution in [3.05, 3.63) is 57.2 Å². The maximum absolute atomic E-state index is 10.6. The second-order valence-electron chi connectivity index (χ2n) is 3.70. The van der Waals surface area contributed by atoms with Gasteiger partial charge in [-0.3, -0.25) is 20.4 Å². The van der Waals surface area contributed by atoms with Crippen molar-refractivity contribution in [2.45, 2.75) is 12.6 Å². The highest BCUT2D eigenvalue weighted by Gasteiger charge is 2.17. The summed E-state index contributed by atoms with van der Waals surface area (Å²) in [5, 5.41) is 22.8. The Morgan fingerprint density at radius 2 is 2.32 bits per heavy atom. The fraction of sp³-hybridized carbons (Fsp3) is 0.167. The Hall–Kier alpha value is -2.30. The van der Waals surface area contributed by atoms with E-state index < -0.39 is 11.0 Å². The molecule has 6 nitrogen and oxygen atoms in total. The molecule has 1 atom stereocenters. The van der Waals surface area contributed by atoms with Crippen molar-refractivity contribution in [3.63, 3.8) is 0 Å². The van der Waals surface area contributed by atoms with E-state index in [1.807, 2.05) is 18.2 Å². The minimum absolute atomic E-state index is 0.0369. The summed E-state index contributed by atoms with van der Waals surface area (Å²) in [6.07, 6.45) is 1.67. The third-order valence-electron chi connectivity index (χ3n) is 2.42. The lowest BCUT2D eigenvalue weighted by Gasteiger charge is -2.08. The molecule has 2 rings (SSSR count). The van der Waals surface area contributed by atoms with Gasteiger partial charge in [-0.25, -0.2) is 0 Å². The molecule has 0 aliphatic heterocycles. The average molecular weight is 274 g/mol. The highest BCUT2D eigenvalue weighted by molar-refractivity contribution is 7.15. The van der Waals surface area contributed by atoms with Gasteiger partial charge in [0.15, 0.2) is 0 Å². The molecular weight excluding hydrogens is 264 g/mol. The predicted molar refractivity (Wildman–Crippen MR) is 70.4 cm³/mol. The molecule has 0 fully saturated rings. The van der Waals surface area contributed by atoms with Gasteiger partial charge in [0.05, 0.1) is 16.7 Å². The Labute approximate surface area is 113 Å². The summed E-state index contributed by atoms with van der Waals surface area (Å²) in [4.78, 5) is 14.9. The first kappa shape index (κ1) is 13.1. The lowest BCUT2D eigenvalue weighted by atomic mass is 10.2. The lowest BCUT2D eigenvalue weighted by Crippen LogP contribution is -2.19. The molecule has 0 spiro atoms. The van der Waals surface area contributed by atoms with Gasteiger partial charge >= 0.3 is 5.00 Å². The molecule has 0 aromatic carbocycles.